The molecule has 0 aliphatic rings. The second kappa shape index (κ2) is 6.86. The summed E-state index contributed by atoms with van der Waals surface area (Å²) in [7, 11) is 0. The summed E-state index contributed by atoms with van der Waals surface area (Å²) in [4.78, 5) is 0. The van der Waals surface area contributed by atoms with E-state index in [-0.39, 0.29) is 0 Å². The molecular weight excluding hydrogens is 143 g/mol. The first kappa shape index (κ1) is 12.4. The Balaban J connectivity index is 0. The predicted molar refractivity (Wildman–Crippen MR) is 35.7 cm³/mol. The zero-order valence-corrected chi connectivity index (χ0v) is 6.33. The van der Waals surface area contributed by atoms with E-state index in [1.807, 2.05) is 0 Å². The van der Waals surface area contributed by atoms with Gasteiger partial charge >= 0.3 is 6.18 Å². The number of rotatable bonds is 1. The molecule has 2 N–H and O–H groups in total. The molecule has 0 fully saturated rings. The Morgan fingerprint density at radius 1 is 1.10 bits per heavy atom. The fourth-order valence-electron chi connectivity index (χ4n) is 0. The van der Waals surface area contributed by atoms with E-state index < -0.39 is 12.7 Å². The van der Waals surface area contributed by atoms with Crippen LogP contribution in [0, 0.1) is 0 Å². The molecule has 0 atom stereocenters. The molecule has 0 rings (SSSR count). The Morgan fingerprint density at radius 2 is 1.30 bits per heavy atom. The van der Waals surface area contributed by atoms with E-state index in [1.165, 1.54) is 12.8 Å². The number of halogens is 3. The van der Waals surface area contributed by atoms with Crippen molar-refractivity contribution in [2.24, 2.45) is 5.73 Å². The van der Waals surface area contributed by atoms with Crippen LogP contribution in [0.3, 0.4) is 0 Å². The number of hydrogen-bond donors (Lipinski definition) is 1. The first-order valence-corrected chi connectivity index (χ1v) is 3.24. The molecule has 0 unspecified atom stereocenters. The summed E-state index contributed by atoms with van der Waals surface area (Å²) in [5, 5.41) is 0. The molecule has 0 amide bonds. The minimum atomic E-state index is -4.18. The predicted octanol–water partition coefficient (Wildman–Crippen LogP) is 2.31. The van der Waals surface area contributed by atoms with Crippen LogP contribution in [0.15, 0.2) is 0 Å². The minimum Gasteiger partial charge on any atom is -0.323 e. The van der Waals surface area contributed by atoms with Gasteiger partial charge in [-0.2, -0.15) is 13.2 Å². The van der Waals surface area contributed by atoms with E-state index >= 15 is 0 Å². The lowest BCUT2D eigenvalue weighted by atomic mass is 10.4. The van der Waals surface area contributed by atoms with Crippen molar-refractivity contribution < 1.29 is 13.2 Å². The van der Waals surface area contributed by atoms with Crippen LogP contribution in [-0.2, 0) is 0 Å². The smallest absolute Gasteiger partial charge is 0.323 e. The largest absolute Gasteiger partial charge is 0.400 e. The third-order valence-electron chi connectivity index (χ3n) is 0.731. The Morgan fingerprint density at radius 3 is 1.30 bits per heavy atom. The van der Waals surface area contributed by atoms with Crippen LogP contribution in [-0.4, -0.2) is 12.7 Å². The highest BCUT2D eigenvalue weighted by molar-refractivity contribution is 4.44. The average Bonchev–Trinajstić information content (AvgIpc) is 1.87. The highest BCUT2D eigenvalue weighted by Gasteiger charge is 2.23. The van der Waals surface area contributed by atoms with Gasteiger partial charge in [-0.15, -0.1) is 0 Å². The van der Waals surface area contributed by atoms with Gasteiger partial charge in [0.1, 0.15) is 0 Å². The van der Waals surface area contributed by atoms with Gasteiger partial charge in [0.25, 0.3) is 0 Å². The highest BCUT2D eigenvalue weighted by Crippen LogP contribution is 2.10. The third kappa shape index (κ3) is 25.1. The Kier molecular flexibility index (Phi) is 8.53. The van der Waals surface area contributed by atoms with Gasteiger partial charge in [0.15, 0.2) is 0 Å². The molecule has 64 valence electrons. The molecule has 0 aromatic rings. The second-order valence-corrected chi connectivity index (χ2v) is 1.82. The molecule has 0 saturated heterocycles. The molecule has 4 heteroatoms. The lowest BCUT2D eigenvalue weighted by Crippen LogP contribution is -2.21. The van der Waals surface area contributed by atoms with Crippen molar-refractivity contribution in [3.05, 3.63) is 0 Å². The maximum absolute atomic E-state index is 10.7. The second-order valence-electron chi connectivity index (χ2n) is 1.82. The molecule has 0 aliphatic carbocycles. The summed E-state index contributed by atoms with van der Waals surface area (Å²) < 4.78 is 32.0. The van der Waals surface area contributed by atoms with Gasteiger partial charge in [-0.3, -0.25) is 0 Å². The van der Waals surface area contributed by atoms with E-state index in [1.54, 1.807) is 0 Å². The fourth-order valence-corrected chi connectivity index (χ4v) is 0. The molecule has 1 nitrogen and oxygen atoms in total. The summed E-state index contributed by atoms with van der Waals surface area (Å²) in [5.41, 5.74) is 4.18. The molecule has 0 aromatic heterocycles. The summed E-state index contributed by atoms with van der Waals surface area (Å²) in [6.07, 6.45) is -1.54. The van der Waals surface area contributed by atoms with Gasteiger partial charge in [0, 0.05) is 0 Å². The summed E-state index contributed by atoms with van der Waals surface area (Å²) >= 11 is 0. The van der Waals surface area contributed by atoms with E-state index in [0.29, 0.717) is 0 Å². The number of nitrogens with two attached hydrogens (primary N) is 1. The number of unbranched alkanes of at least 4 members (excludes halogenated alkanes) is 1. The van der Waals surface area contributed by atoms with Crippen molar-refractivity contribution in [3.63, 3.8) is 0 Å². The van der Waals surface area contributed by atoms with Crippen LogP contribution in [0.2, 0.25) is 0 Å². The van der Waals surface area contributed by atoms with Crippen LogP contribution in [0.1, 0.15) is 26.7 Å². The van der Waals surface area contributed by atoms with Gasteiger partial charge in [-0.25, -0.2) is 0 Å². The highest BCUT2D eigenvalue weighted by atomic mass is 19.4. The van der Waals surface area contributed by atoms with Crippen molar-refractivity contribution in [1.29, 1.82) is 0 Å². The zero-order valence-electron chi connectivity index (χ0n) is 6.33. The number of alkyl halides is 3. The monoisotopic (exact) mass is 157 g/mol. The zero-order chi connectivity index (χ0) is 8.62. The number of hydrogen-bond acceptors (Lipinski definition) is 1. The topological polar surface area (TPSA) is 26.0 Å². The van der Waals surface area contributed by atoms with Crippen LogP contribution in [0.4, 0.5) is 13.2 Å². The lowest BCUT2D eigenvalue weighted by molar-refractivity contribution is -0.118. The third-order valence-corrected chi connectivity index (χ3v) is 0.731. The normalized spacial score (nSPS) is 10.2. The maximum atomic E-state index is 10.7. The van der Waals surface area contributed by atoms with Crippen molar-refractivity contribution in [1.82, 2.24) is 0 Å². The molecule has 0 bridgehead atoms. The van der Waals surface area contributed by atoms with Crippen LogP contribution < -0.4 is 5.73 Å². The van der Waals surface area contributed by atoms with Crippen LogP contribution in [0.5, 0.6) is 0 Å². The van der Waals surface area contributed by atoms with Crippen LogP contribution >= 0.6 is 0 Å². The quantitative estimate of drug-likeness (QED) is 0.621. The SMILES string of the molecule is CCCC.NCC(F)(F)F. The molecule has 0 radical (unpaired) electrons. The molecule has 0 heterocycles. The Labute approximate surface area is 59.4 Å². The van der Waals surface area contributed by atoms with Crippen molar-refractivity contribution >= 4 is 0 Å². The molecule has 0 spiro atoms. The van der Waals surface area contributed by atoms with E-state index in [4.69, 9.17) is 0 Å². The lowest BCUT2D eigenvalue weighted by Gasteiger charge is -1.96. The van der Waals surface area contributed by atoms with Crippen LogP contribution in [0.25, 0.3) is 0 Å². The standard InChI is InChI=1S/C4H10.C2H4F3N/c1-3-4-2;3-2(4,5)1-6/h3-4H2,1-2H3;1,6H2. The summed E-state index contributed by atoms with van der Waals surface area (Å²) in [6.45, 7) is 3.13. The minimum absolute atomic E-state index is 1.23. The van der Waals surface area contributed by atoms with Crippen molar-refractivity contribution in [3.8, 4) is 0 Å². The Hall–Kier alpha value is -0.250. The average molecular weight is 157 g/mol. The molecular formula is C6H14F3N. The van der Waals surface area contributed by atoms with E-state index in [0.717, 1.165) is 0 Å². The van der Waals surface area contributed by atoms with Gasteiger partial charge in [0.2, 0.25) is 0 Å². The summed E-state index contributed by atoms with van der Waals surface area (Å²) in [6, 6.07) is 0. The first-order valence-electron chi connectivity index (χ1n) is 3.24. The van der Waals surface area contributed by atoms with Gasteiger partial charge in [0.05, 0.1) is 6.54 Å². The molecule has 0 aromatic carbocycles. The fraction of sp³-hybridized carbons (Fsp3) is 1.00. The molecule has 0 aliphatic heterocycles. The van der Waals surface area contributed by atoms with Gasteiger partial charge in [-0.1, -0.05) is 26.7 Å². The summed E-state index contributed by atoms with van der Waals surface area (Å²) in [5.74, 6) is 0. The van der Waals surface area contributed by atoms with E-state index in [2.05, 4.69) is 19.6 Å². The van der Waals surface area contributed by atoms with Gasteiger partial charge in [-0.05, 0) is 0 Å². The molecule has 0 saturated carbocycles. The van der Waals surface area contributed by atoms with Crippen molar-refractivity contribution in [2.75, 3.05) is 6.54 Å². The maximum Gasteiger partial charge on any atom is 0.400 e. The van der Waals surface area contributed by atoms with Gasteiger partial charge < -0.3 is 5.73 Å². The van der Waals surface area contributed by atoms with E-state index in [9.17, 15) is 13.2 Å². The first-order chi connectivity index (χ1) is 4.47. The van der Waals surface area contributed by atoms with Crippen molar-refractivity contribution in [2.45, 2.75) is 32.9 Å². The Bertz CT molecular complexity index is 58.5. The molecule has 10 heavy (non-hydrogen) atoms.